The highest BCUT2D eigenvalue weighted by Gasteiger charge is 2.47. The fourth-order valence-electron chi connectivity index (χ4n) is 2.86. The van der Waals surface area contributed by atoms with Crippen LogP contribution in [0.2, 0.25) is 0 Å². The van der Waals surface area contributed by atoms with Crippen molar-refractivity contribution in [1.82, 2.24) is 0 Å². The van der Waals surface area contributed by atoms with Gasteiger partial charge < -0.3 is 20.9 Å². The molecule has 1 aromatic rings. The Morgan fingerprint density at radius 2 is 2.08 bits per heavy atom. The van der Waals surface area contributed by atoms with Crippen LogP contribution in [0, 0.1) is 5.41 Å². The number of ether oxygens (including phenoxy) is 1. The van der Waals surface area contributed by atoms with Gasteiger partial charge in [0.15, 0.2) is 5.96 Å². The topological polar surface area (TPSA) is 79.9 Å². The van der Waals surface area contributed by atoms with Crippen molar-refractivity contribution >= 4 is 11.6 Å². The van der Waals surface area contributed by atoms with Crippen LogP contribution in [0.3, 0.4) is 0 Å². The van der Waals surface area contributed by atoms with Gasteiger partial charge in [-0.2, -0.15) is 0 Å². The largest absolute Gasteiger partial charge is 0.573 e. The van der Waals surface area contributed by atoms with Crippen molar-refractivity contribution in [1.29, 1.82) is 0 Å². The SMILES string of the molecule is CC1(C)CCCC1(O)CN=C(N)Nc1cccc(OC(F)(F)F)c1. The van der Waals surface area contributed by atoms with E-state index in [9.17, 15) is 18.3 Å². The van der Waals surface area contributed by atoms with Gasteiger partial charge >= 0.3 is 6.36 Å². The Bertz CT molecular complexity index is 617. The lowest BCUT2D eigenvalue weighted by Crippen LogP contribution is -2.43. The number of aliphatic hydroxyl groups is 1. The monoisotopic (exact) mass is 345 g/mol. The molecule has 2 rings (SSSR count). The van der Waals surface area contributed by atoms with E-state index in [0.717, 1.165) is 12.8 Å². The van der Waals surface area contributed by atoms with E-state index in [0.29, 0.717) is 12.1 Å². The second-order valence-electron chi connectivity index (χ2n) is 6.67. The molecule has 4 N–H and O–H groups in total. The molecule has 5 nitrogen and oxygen atoms in total. The maximum absolute atomic E-state index is 12.2. The van der Waals surface area contributed by atoms with Crippen molar-refractivity contribution in [2.75, 3.05) is 11.9 Å². The zero-order chi connectivity index (χ0) is 18.0. The molecule has 0 saturated heterocycles. The lowest BCUT2D eigenvalue weighted by molar-refractivity contribution is -0.274. The first-order valence-corrected chi connectivity index (χ1v) is 7.66. The number of hydrogen-bond donors (Lipinski definition) is 3. The fraction of sp³-hybridized carbons (Fsp3) is 0.562. The van der Waals surface area contributed by atoms with E-state index in [-0.39, 0.29) is 23.7 Å². The minimum absolute atomic E-state index is 0.0234. The normalized spacial score (nSPS) is 24.0. The number of benzene rings is 1. The van der Waals surface area contributed by atoms with Crippen LogP contribution in [0.1, 0.15) is 33.1 Å². The molecule has 1 aromatic carbocycles. The van der Waals surface area contributed by atoms with Gasteiger partial charge in [-0.3, -0.25) is 4.99 Å². The Balaban J connectivity index is 2.02. The summed E-state index contributed by atoms with van der Waals surface area (Å²) in [6.45, 7) is 4.10. The zero-order valence-electron chi connectivity index (χ0n) is 13.7. The summed E-state index contributed by atoms with van der Waals surface area (Å²) in [5.74, 6) is -0.328. The first kappa shape index (κ1) is 18.4. The highest BCUT2D eigenvalue weighted by Crippen LogP contribution is 2.45. The van der Waals surface area contributed by atoms with Crippen LogP contribution in [0.25, 0.3) is 0 Å². The Hall–Kier alpha value is -1.96. The van der Waals surface area contributed by atoms with Crippen molar-refractivity contribution in [2.24, 2.45) is 16.1 Å². The summed E-state index contributed by atoms with van der Waals surface area (Å²) in [6.07, 6.45) is -2.28. The van der Waals surface area contributed by atoms with Gasteiger partial charge in [-0.25, -0.2) is 0 Å². The number of hydrogen-bond acceptors (Lipinski definition) is 3. The summed E-state index contributed by atoms with van der Waals surface area (Å²) in [6, 6.07) is 5.31. The number of nitrogens with two attached hydrogens (primary N) is 1. The number of aliphatic imine (C=N–C) groups is 1. The van der Waals surface area contributed by atoms with Gasteiger partial charge in [-0.05, 0) is 36.8 Å². The molecule has 0 spiro atoms. The van der Waals surface area contributed by atoms with Crippen molar-refractivity contribution < 1.29 is 23.0 Å². The predicted molar refractivity (Wildman–Crippen MR) is 85.8 cm³/mol. The average Bonchev–Trinajstić information content (AvgIpc) is 2.69. The van der Waals surface area contributed by atoms with E-state index in [4.69, 9.17) is 5.73 Å². The zero-order valence-corrected chi connectivity index (χ0v) is 13.7. The minimum Gasteiger partial charge on any atom is -0.406 e. The number of anilines is 1. The van der Waals surface area contributed by atoms with Crippen LogP contribution >= 0.6 is 0 Å². The predicted octanol–water partition coefficient (Wildman–Crippen LogP) is 3.25. The third-order valence-corrected chi connectivity index (χ3v) is 4.50. The molecule has 0 amide bonds. The molecule has 1 fully saturated rings. The standard InChI is InChI=1S/C16H22F3N3O2/c1-14(2)7-4-8-15(14,23)10-21-13(20)22-11-5-3-6-12(9-11)24-16(17,18)19/h3,5-6,9,23H,4,7-8,10H2,1-2H3,(H3,20,21,22). The number of halogens is 3. The second-order valence-corrected chi connectivity index (χ2v) is 6.67. The van der Waals surface area contributed by atoms with Crippen LogP contribution < -0.4 is 15.8 Å². The van der Waals surface area contributed by atoms with E-state index in [1.54, 1.807) is 6.07 Å². The summed E-state index contributed by atoms with van der Waals surface area (Å²) >= 11 is 0. The van der Waals surface area contributed by atoms with Gasteiger partial charge in [-0.15, -0.1) is 13.2 Å². The molecule has 0 heterocycles. The molecule has 0 aromatic heterocycles. The number of guanidine groups is 1. The average molecular weight is 345 g/mol. The van der Waals surface area contributed by atoms with Crippen LogP contribution in [0.5, 0.6) is 5.75 Å². The quantitative estimate of drug-likeness (QED) is 0.578. The first-order chi connectivity index (χ1) is 11.0. The number of rotatable bonds is 4. The van der Waals surface area contributed by atoms with Crippen LogP contribution in [-0.4, -0.2) is 29.6 Å². The van der Waals surface area contributed by atoms with Crippen LogP contribution in [0.15, 0.2) is 29.3 Å². The van der Waals surface area contributed by atoms with Gasteiger partial charge in [0.05, 0.1) is 12.1 Å². The smallest absolute Gasteiger partial charge is 0.406 e. The molecular weight excluding hydrogens is 323 g/mol. The molecular formula is C16H22F3N3O2. The van der Waals surface area contributed by atoms with E-state index in [2.05, 4.69) is 15.0 Å². The van der Waals surface area contributed by atoms with Crippen molar-refractivity contribution in [2.45, 2.75) is 45.1 Å². The molecule has 1 aliphatic rings. The third-order valence-electron chi connectivity index (χ3n) is 4.50. The highest BCUT2D eigenvalue weighted by molar-refractivity contribution is 5.92. The van der Waals surface area contributed by atoms with Crippen molar-refractivity contribution in [3.8, 4) is 5.75 Å². The van der Waals surface area contributed by atoms with Gasteiger partial charge in [-0.1, -0.05) is 19.9 Å². The fourth-order valence-corrected chi connectivity index (χ4v) is 2.86. The van der Waals surface area contributed by atoms with E-state index in [1.165, 1.54) is 18.2 Å². The molecule has 0 aliphatic heterocycles. The Kier molecular flexibility index (Phi) is 4.98. The molecule has 1 aliphatic carbocycles. The van der Waals surface area contributed by atoms with E-state index < -0.39 is 12.0 Å². The summed E-state index contributed by atoms with van der Waals surface area (Å²) in [4.78, 5) is 4.14. The molecule has 8 heteroatoms. The molecule has 24 heavy (non-hydrogen) atoms. The lowest BCUT2D eigenvalue weighted by Gasteiger charge is -2.35. The van der Waals surface area contributed by atoms with Crippen LogP contribution in [0.4, 0.5) is 18.9 Å². The second kappa shape index (κ2) is 6.51. The molecule has 1 saturated carbocycles. The highest BCUT2D eigenvalue weighted by atomic mass is 19.4. The summed E-state index contributed by atoms with van der Waals surface area (Å²) in [5.41, 5.74) is 4.91. The molecule has 1 atom stereocenters. The summed E-state index contributed by atoms with van der Waals surface area (Å²) in [7, 11) is 0. The molecule has 1 unspecified atom stereocenters. The van der Waals surface area contributed by atoms with E-state index in [1.807, 2.05) is 13.8 Å². The maximum atomic E-state index is 12.2. The summed E-state index contributed by atoms with van der Waals surface area (Å²) in [5, 5.41) is 13.4. The molecule has 0 radical (unpaired) electrons. The first-order valence-electron chi connectivity index (χ1n) is 7.66. The molecule has 134 valence electrons. The third kappa shape index (κ3) is 4.53. The summed E-state index contributed by atoms with van der Waals surface area (Å²) < 4.78 is 40.5. The van der Waals surface area contributed by atoms with Crippen LogP contribution in [-0.2, 0) is 0 Å². The van der Waals surface area contributed by atoms with E-state index >= 15 is 0 Å². The van der Waals surface area contributed by atoms with Gasteiger partial charge in [0.1, 0.15) is 5.75 Å². The van der Waals surface area contributed by atoms with Gasteiger partial charge in [0.25, 0.3) is 0 Å². The lowest BCUT2D eigenvalue weighted by atomic mass is 9.78. The van der Waals surface area contributed by atoms with Crippen molar-refractivity contribution in [3.63, 3.8) is 0 Å². The maximum Gasteiger partial charge on any atom is 0.573 e. The Morgan fingerprint density at radius 3 is 2.67 bits per heavy atom. The van der Waals surface area contributed by atoms with Gasteiger partial charge in [0.2, 0.25) is 0 Å². The molecule has 0 bridgehead atoms. The minimum atomic E-state index is -4.75. The Morgan fingerprint density at radius 1 is 1.38 bits per heavy atom. The number of nitrogens with zero attached hydrogens (tertiary/aromatic N) is 1. The number of alkyl halides is 3. The number of nitrogens with one attached hydrogen (secondary N) is 1. The van der Waals surface area contributed by atoms with Gasteiger partial charge in [0, 0.05) is 11.8 Å². The van der Waals surface area contributed by atoms with Crippen molar-refractivity contribution in [3.05, 3.63) is 24.3 Å². The Labute approximate surface area is 138 Å².